The number of fused-ring (bicyclic) bond motifs is 1. The first-order chi connectivity index (χ1) is 14.7. The second kappa shape index (κ2) is 8.54. The molecule has 0 aliphatic heterocycles. The average molecular weight is 423 g/mol. The Morgan fingerprint density at radius 1 is 0.900 bits per heavy atom. The van der Waals surface area contributed by atoms with Crippen molar-refractivity contribution in [2.24, 2.45) is 0 Å². The molecular weight excluding hydrogens is 400 g/mol. The maximum absolute atomic E-state index is 6.32. The van der Waals surface area contributed by atoms with E-state index in [0.717, 1.165) is 11.3 Å². The molecule has 3 aromatic carbocycles. The van der Waals surface area contributed by atoms with Gasteiger partial charge in [-0.1, -0.05) is 54.2 Å². The molecule has 0 bridgehead atoms. The molecule has 154 valence electrons. The average Bonchev–Trinajstić information content (AvgIpc) is 3.16. The number of benzene rings is 3. The van der Waals surface area contributed by atoms with Gasteiger partial charge in [0.15, 0.2) is 17.3 Å². The van der Waals surface area contributed by atoms with Gasteiger partial charge in [-0.3, -0.25) is 0 Å². The van der Waals surface area contributed by atoms with Crippen LogP contribution in [0.15, 0.2) is 59.8 Å². The van der Waals surface area contributed by atoms with E-state index in [-0.39, 0.29) is 0 Å². The van der Waals surface area contributed by atoms with Crippen LogP contribution in [0.3, 0.4) is 0 Å². The lowest BCUT2D eigenvalue weighted by Gasteiger charge is -2.13. The van der Waals surface area contributed by atoms with E-state index in [1.807, 2.05) is 12.1 Å². The number of rotatable bonds is 7. The fourth-order valence-electron chi connectivity index (χ4n) is 3.34. The lowest BCUT2D eigenvalue weighted by atomic mass is 10.1. The Bertz CT molecular complexity index is 1160. The van der Waals surface area contributed by atoms with Gasteiger partial charge in [-0.2, -0.15) is 0 Å². The standard InChI is InChI=1S/C22H22N4O3S/c1-27-18-11-16(12-19(28-2)20(18)29-3)21-24-25-22(26(21)23)30-13-15-9-6-8-14-7-4-5-10-17(14)15/h4-12H,13,23H2,1-3H3. The van der Waals surface area contributed by atoms with E-state index >= 15 is 0 Å². The van der Waals surface area contributed by atoms with Gasteiger partial charge in [0, 0.05) is 11.3 Å². The molecule has 0 saturated carbocycles. The summed E-state index contributed by atoms with van der Waals surface area (Å²) in [5.74, 6) is 9.13. The Morgan fingerprint density at radius 3 is 2.30 bits per heavy atom. The fourth-order valence-corrected chi connectivity index (χ4v) is 4.20. The number of thioether (sulfide) groups is 1. The van der Waals surface area contributed by atoms with E-state index < -0.39 is 0 Å². The highest BCUT2D eigenvalue weighted by atomic mass is 32.2. The molecule has 1 aromatic heterocycles. The number of aromatic nitrogens is 3. The first-order valence-electron chi connectivity index (χ1n) is 9.26. The quantitative estimate of drug-likeness (QED) is 0.354. The third kappa shape index (κ3) is 3.61. The summed E-state index contributed by atoms with van der Waals surface area (Å²) in [6, 6.07) is 18.2. The number of nitrogens with zero attached hydrogens (tertiary/aromatic N) is 3. The molecule has 0 aliphatic rings. The van der Waals surface area contributed by atoms with Crippen LogP contribution in [0.5, 0.6) is 17.2 Å². The van der Waals surface area contributed by atoms with Gasteiger partial charge in [-0.05, 0) is 28.5 Å². The van der Waals surface area contributed by atoms with Gasteiger partial charge in [0.25, 0.3) is 0 Å². The van der Waals surface area contributed by atoms with Gasteiger partial charge in [0.1, 0.15) is 0 Å². The monoisotopic (exact) mass is 422 g/mol. The first kappa shape index (κ1) is 19.9. The molecule has 30 heavy (non-hydrogen) atoms. The topological polar surface area (TPSA) is 84.4 Å². The first-order valence-corrected chi connectivity index (χ1v) is 10.2. The second-order valence-corrected chi connectivity index (χ2v) is 7.46. The Kier molecular flexibility index (Phi) is 5.67. The predicted octanol–water partition coefficient (Wildman–Crippen LogP) is 4.13. The molecule has 0 aliphatic carbocycles. The number of hydrogen-bond donors (Lipinski definition) is 1. The molecule has 7 nitrogen and oxygen atoms in total. The third-order valence-corrected chi connectivity index (χ3v) is 5.82. The molecule has 1 heterocycles. The van der Waals surface area contributed by atoms with E-state index in [4.69, 9.17) is 20.1 Å². The van der Waals surface area contributed by atoms with Gasteiger partial charge < -0.3 is 20.1 Å². The van der Waals surface area contributed by atoms with Crippen molar-refractivity contribution in [1.29, 1.82) is 0 Å². The predicted molar refractivity (Wildman–Crippen MR) is 119 cm³/mol. The summed E-state index contributed by atoms with van der Waals surface area (Å²) in [5, 5.41) is 11.6. The van der Waals surface area contributed by atoms with E-state index in [1.165, 1.54) is 32.8 Å². The minimum absolute atomic E-state index is 0.509. The summed E-state index contributed by atoms with van der Waals surface area (Å²) < 4.78 is 17.7. The summed E-state index contributed by atoms with van der Waals surface area (Å²) in [6.07, 6.45) is 0. The molecule has 8 heteroatoms. The number of nitrogens with two attached hydrogens (primary N) is 1. The van der Waals surface area contributed by atoms with Gasteiger partial charge in [0.2, 0.25) is 10.9 Å². The van der Waals surface area contributed by atoms with E-state index in [1.54, 1.807) is 33.5 Å². The molecule has 0 atom stereocenters. The SMILES string of the molecule is COc1cc(-c2nnc(SCc3cccc4ccccc34)n2N)cc(OC)c1OC. The van der Waals surface area contributed by atoms with Crippen LogP contribution in [0, 0.1) is 0 Å². The fraction of sp³-hybridized carbons (Fsp3) is 0.182. The summed E-state index contributed by atoms with van der Waals surface area (Å²) >= 11 is 1.54. The normalized spacial score (nSPS) is 10.9. The van der Waals surface area contributed by atoms with Crippen LogP contribution in [-0.2, 0) is 5.75 Å². The molecule has 4 aromatic rings. The minimum atomic E-state index is 0.509. The zero-order valence-corrected chi connectivity index (χ0v) is 17.8. The molecule has 0 amide bonds. The van der Waals surface area contributed by atoms with Crippen molar-refractivity contribution in [2.45, 2.75) is 10.9 Å². The van der Waals surface area contributed by atoms with Crippen molar-refractivity contribution in [3.63, 3.8) is 0 Å². The summed E-state index contributed by atoms with van der Waals surface area (Å²) in [5.41, 5.74) is 1.94. The molecule has 0 saturated heterocycles. The van der Waals surface area contributed by atoms with Crippen molar-refractivity contribution in [3.05, 3.63) is 60.2 Å². The Hall–Kier alpha value is -3.39. The molecule has 4 rings (SSSR count). The smallest absolute Gasteiger partial charge is 0.210 e. The van der Waals surface area contributed by atoms with Crippen LogP contribution in [0.4, 0.5) is 0 Å². The molecule has 0 unspecified atom stereocenters. The maximum Gasteiger partial charge on any atom is 0.210 e. The second-order valence-electron chi connectivity index (χ2n) is 6.52. The van der Waals surface area contributed by atoms with Gasteiger partial charge >= 0.3 is 0 Å². The van der Waals surface area contributed by atoms with Crippen LogP contribution in [0.25, 0.3) is 22.2 Å². The molecule has 2 N–H and O–H groups in total. The summed E-state index contributed by atoms with van der Waals surface area (Å²) in [4.78, 5) is 0. The highest BCUT2D eigenvalue weighted by Crippen LogP contribution is 2.41. The molecule has 0 fully saturated rings. The largest absolute Gasteiger partial charge is 0.493 e. The van der Waals surface area contributed by atoms with Crippen molar-refractivity contribution in [1.82, 2.24) is 14.9 Å². The van der Waals surface area contributed by atoms with Gasteiger partial charge in [-0.25, -0.2) is 4.68 Å². The lowest BCUT2D eigenvalue weighted by Crippen LogP contribution is -2.11. The highest BCUT2D eigenvalue weighted by Gasteiger charge is 2.19. The van der Waals surface area contributed by atoms with Crippen molar-refractivity contribution < 1.29 is 14.2 Å². The number of nitrogen functional groups attached to an aromatic ring is 1. The minimum Gasteiger partial charge on any atom is -0.493 e. The lowest BCUT2D eigenvalue weighted by molar-refractivity contribution is 0.324. The molecule has 0 radical (unpaired) electrons. The van der Waals surface area contributed by atoms with Crippen LogP contribution in [0.2, 0.25) is 0 Å². The van der Waals surface area contributed by atoms with Crippen LogP contribution in [0.1, 0.15) is 5.56 Å². The number of methoxy groups -OCH3 is 3. The Morgan fingerprint density at radius 2 is 1.60 bits per heavy atom. The highest BCUT2D eigenvalue weighted by molar-refractivity contribution is 7.98. The molecule has 0 spiro atoms. The van der Waals surface area contributed by atoms with Crippen LogP contribution < -0.4 is 20.1 Å². The van der Waals surface area contributed by atoms with E-state index in [0.29, 0.717) is 28.2 Å². The van der Waals surface area contributed by atoms with Gasteiger partial charge in [0.05, 0.1) is 21.3 Å². The zero-order chi connectivity index (χ0) is 21.1. The Labute approximate surface area is 178 Å². The number of ether oxygens (including phenoxy) is 3. The van der Waals surface area contributed by atoms with Gasteiger partial charge in [-0.15, -0.1) is 10.2 Å². The summed E-state index contributed by atoms with van der Waals surface area (Å²) in [7, 11) is 4.70. The maximum atomic E-state index is 6.32. The zero-order valence-electron chi connectivity index (χ0n) is 17.0. The summed E-state index contributed by atoms with van der Waals surface area (Å²) in [6.45, 7) is 0. The van der Waals surface area contributed by atoms with E-state index in [9.17, 15) is 0 Å². The number of hydrogen-bond acceptors (Lipinski definition) is 7. The van der Waals surface area contributed by atoms with E-state index in [2.05, 4.69) is 40.5 Å². The molecular formula is C22H22N4O3S. The van der Waals surface area contributed by atoms with Crippen molar-refractivity contribution in [3.8, 4) is 28.6 Å². The van der Waals surface area contributed by atoms with Crippen LogP contribution >= 0.6 is 11.8 Å². The Balaban J connectivity index is 1.63. The third-order valence-electron chi connectivity index (χ3n) is 4.82. The van der Waals surface area contributed by atoms with Crippen molar-refractivity contribution in [2.75, 3.05) is 27.2 Å². The van der Waals surface area contributed by atoms with Crippen molar-refractivity contribution >= 4 is 22.5 Å². The van der Waals surface area contributed by atoms with Crippen LogP contribution in [-0.4, -0.2) is 36.2 Å².